The second-order valence-electron chi connectivity index (χ2n) is 4.66. The molecule has 1 aliphatic rings. The number of nitrogens with one attached hydrogen (secondary N) is 2. The van der Waals surface area contributed by atoms with Crippen LogP contribution in [-0.2, 0) is 19.4 Å². The molecule has 1 fully saturated rings. The molecule has 0 spiro atoms. The zero-order chi connectivity index (χ0) is 15.6. The molecule has 1 aromatic carbocycles. The summed E-state index contributed by atoms with van der Waals surface area (Å²) in [6.07, 6.45) is 0.281. The van der Waals surface area contributed by atoms with E-state index in [1.807, 2.05) is 0 Å². The number of amides is 2. The normalized spacial score (nSPS) is 20.0. The zero-order valence-corrected chi connectivity index (χ0v) is 12.3. The molecule has 2 rings (SSSR count). The van der Waals surface area contributed by atoms with Crippen molar-refractivity contribution in [3.63, 3.8) is 0 Å². The van der Waals surface area contributed by atoms with E-state index in [-0.39, 0.29) is 28.6 Å². The third-order valence-corrected chi connectivity index (χ3v) is 5.01. The van der Waals surface area contributed by atoms with Gasteiger partial charge in [0.05, 0.1) is 16.5 Å². The van der Waals surface area contributed by atoms with Crippen molar-refractivity contribution < 1.29 is 22.4 Å². The Morgan fingerprint density at radius 2 is 2.00 bits per heavy atom. The van der Waals surface area contributed by atoms with Crippen LogP contribution >= 0.6 is 11.6 Å². The number of halogens is 2. The van der Waals surface area contributed by atoms with Crippen molar-refractivity contribution in [3.8, 4) is 0 Å². The fraction of sp³-hybridized carbons (Fsp3) is 0.333. The highest BCUT2D eigenvalue weighted by Gasteiger charge is 2.30. The Balaban J connectivity index is 1.94. The molecule has 0 aliphatic carbocycles. The van der Waals surface area contributed by atoms with Crippen molar-refractivity contribution in [2.45, 2.75) is 12.5 Å². The number of hydrogen-bond donors (Lipinski definition) is 2. The fourth-order valence-electron chi connectivity index (χ4n) is 1.92. The minimum atomic E-state index is -3.14. The van der Waals surface area contributed by atoms with Crippen LogP contribution in [0, 0.1) is 5.82 Å². The minimum absolute atomic E-state index is 0.00681. The molecule has 0 saturated carbocycles. The molecule has 0 aromatic heterocycles. The van der Waals surface area contributed by atoms with Gasteiger partial charge in [-0.1, -0.05) is 11.6 Å². The molecule has 9 heteroatoms. The van der Waals surface area contributed by atoms with Crippen LogP contribution in [0.1, 0.15) is 6.42 Å². The summed E-state index contributed by atoms with van der Waals surface area (Å²) in [5.74, 6) is -2.74. The van der Waals surface area contributed by atoms with Crippen LogP contribution in [0.3, 0.4) is 0 Å². The smallest absolute Gasteiger partial charge is 0.313 e. The monoisotopic (exact) mass is 334 g/mol. The SMILES string of the molecule is O=C(Nc1ccc(F)c(Cl)c1)C(=O)NC1CCS(=O)(=O)C1. The van der Waals surface area contributed by atoms with Crippen LogP contribution < -0.4 is 10.6 Å². The van der Waals surface area contributed by atoms with Gasteiger partial charge in [0.15, 0.2) is 9.84 Å². The Kier molecular flexibility index (Phi) is 4.48. The van der Waals surface area contributed by atoms with Crippen molar-refractivity contribution in [2.24, 2.45) is 0 Å². The first-order valence-electron chi connectivity index (χ1n) is 6.04. The number of anilines is 1. The highest BCUT2D eigenvalue weighted by molar-refractivity contribution is 7.91. The molecule has 1 heterocycles. The fourth-order valence-corrected chi connectivity index (χ4v) is 3.78. The summed E-state index contributed by atoms with van der Waals surface area (Å²) in [5, 5.41) is 4.41. The molecule has 1 saturated heterocycles. The van der Waals surface area contributed by atoms with Crippen molar-refractivity contribution >= 4 is 38.9 Å². The summed E-state index contributed by atoms with van der Waals surface area (Å²) in [6.45, 7) is 0. The number of carbonyl (C=O) groups is 2. The highest BCUT2D eigenvalue weighted by atomic mass is 35.5. The van der Waals surface area contributed by atoms with Gasteiger partial charge in [0, 0.05) is 11.7 Å². The van der Waals surface area contributed by atoms with E-state index in [0.29, 0.717) is 0 Å². The third-order valence-electron chi connectivity index (χ3n) is 2.95. The summed E-state index contributed by atoms with van der Waals surface area (Å²) >= 11 is 5.55. The maximum atomic E-state index is 13.0. The van der Waals surface area contributed by atoms with Gasteiger partial charge in [0.2, 0.25) is 0 Å². The molecule has 2 N–H and O–H groups in total. The molecule has 6 nitrogen and oxygen atoms in total. The number of benzene rings is 1. The molecular weight excluding hydrogens is 323 g/mol. The molecule has 1 aromatic rings. The van der Waals surface area contributed by atoms with Crippen molar-refractivity contribution in [1.29, 1.82) is 0 Å². The van der Waals surface area contributed by atoms with E-state index in [1.54, 1.807) is 0 Å². The van der Waals surface area contributed by atoms with Crippen LogP contribution in [0.2, 0.25) is 5.02 Å². The van der Waals surface area contributed by atoms with Crippen molar-refractivity contribution in [2.75, 3.05) is 16.8 Å². The lowest BCUT2D eigenvalue weighted by molar-refractivity contribution is -0.136. The van der Waals surface area contributed by atoms with Crippen LogP contribution in [0.5, 0.6) is 0 Å². The first-order chi connectivity index (χ1) is 9.77. The van der Waals surface area contributed by atoms with Crippen molar-refractivity contribution in [1.82, 2.24) is 5.32 Å². The molecule has 114 valence electrons. The Hall–Kier alpha value is -1.67. The first-order valence-corrected chi connectivity index (χ1v) is 8.24. The Morgan fingerprint density at radius 1 is 1.29 bits per heavy atom. The Bertz CT molecular complexity index is 692. The summed E-state index contributed by atoms with van der Waals surface area (Å²) in [6, 6.07) is 2.92. The summed E-state index contributed by atoms with van der Waals surface area (Å²) < 4.78 is 35.5. The molecule has 2 amide bonds. The predicted molar refractivity (Wildman–Crippen MR) is 75.2 cm³/mol. The predicted octanol–water partition coefficient (Wildman–Crippen LogP) is 0.721. The second-order valence-corrected chi connectivity index (χ2v) is 7.29. The molecule has 21 heavy (non-hydrogen) atoms. The number of hydrogen-bond acceptors (Lipinski definition) is 4. The molecular formula is C12H12ClFN2O4S. The summed E-state index contributed by atoms with van der Waals surface area (Å²) in [7, 11) is -3.14. The first kappa shape index (κ1) is 15.7. The van der Waals surface area contributed by atoms with Crippen LogP contribution in [0.25, 0.3) is 0 Å². The summed E-state index contributed by atoms with van der Waals surface area (Å²) in [4.78, 5) is 23.3. The average Bonchev–Trinajstić information content (AvgIpc) is 2.73. The van der Waals surface area contributed by atoms with Crippen LogP contribution in [-0.4, -0.2) is 37.8 Å². The van der Waals surface area contributed by atoms with E-state index in [0.717, 1.165) is 6.07 Å². The number of carbonyl (C=O) groups excluding carboxylic acids is 2. The van der Waals surface area contributed by atoms with Gasteiger partial charge >= 0.3 is 11.8 Å². The maximum Gasteiger partial charge on any atom is 0.313 e. The average molecular weight is 335 g/mol. The Labute approximate surface area is 125 Å². The third kappa shape index (κ3) is 4.15. The molecule has 1 unspecified atom stereocenters. The standard InChI is InChI=1S/C12H12ClFN2O4S/c13-9-5-7(1-2-10(9)14)15-11(17)12(18)16-8-3-4-21(19,20)6-8/h1-2,5,8H,3-4,6H2,(H,15,17)(H,16,18). The van der Waals surface area contributed by atoms with Gasteiger partial charge in [0.1, 0.15) is 5.82 Å². The maximum absolute atomic E-state index is 13.0. The van der Waals surface area contributed by atoms with E-state index in [1.165, 1.54) is 12.1 Å². The Morgan fingerprint density at radius 3 is 2.57 bits per heavy atom. The van der Waals surface area contributed by atoms with E-state index in [2.05, 4.69) is 10.6 Å². The van der Waals surface area contributed by atoms with Crippen LogP contribution in [0.15, 0.2) is 18.2 Å². The second kappa shape index (κ2) is 5.98. The number of rotatable bonds is 2. The minimum Gasteiger partial charge on any atom is -0.344 e. The van der Waals surface area contributed by atoms with Gasteiger partial charge in [-0.3, -0.25) is 9.59 Å². The highest BCUT2D eigenvalue weighted by Crippen LogP contribution is 2.19. The van der Waals surface area contributed by atoms with Gasteiger partial charge < -0.3 is 10.6 Å². The lowest BCUT2D eigenvalue weighted by Crippen LogP contribution is -2.42. The topological polar surface area (TPSA) is 92.3 Å². The molecule has 1 atom stereocenters. The summed E-state index contributed by atoms with van der Waals surface area (Å²) in [5.41, 5.74) is 0.167. The zero-order valence-electron chi connectivity index (χ0n) is 10.7. The van der Waals surface area contributed by atoms with Gasteiger partial charge in [-0.15, -0.1) is 0 Å². The quantitative estimate of drug-likeness (QED) is 0.779. The van der Waals surface area contributed by atoms with E-state index in [9.17, 15) is 22.4 Å². The van der Waals surface area contributed by atoms with Gasteiger partial charge in [-0.2, -0.15) is 0 Å². The van der Waals surface area contributed by atoms with E-state index < -0.39 is 33.5 Å². The molecule has 0 bridgehead atoms. The van der Waals surface area contributed by atoms with Crippen molar-refractivity contribution in [3.05, 3.63) is 29.0 Å². The van der Waals surface area contributed by atoms with Gasteiger partial charge in [-0.05, 0) is 24.6 Å². The lowest BCUT2D eigenvalue weighted by Gasteiger charge is -2.11. The largest absolute Gasteiger partial charge is 0.344 e. The van der Waals surface area contributed by atoms with E-state index in [4.69, 9.17) is 11.6 Å². The van der Waals surface area contributed by atoms with E-state index >= 15 is 0 Å². The van der Waals surface area contributed by atoms with Gasteiger partial charge in [0.25, 0.3) is 0 Å². The van der Waals surface area contributed by atoms with Gasteiger partial charge in [-0.25, -0.2) is 12.8 Å². The van der Waals surface area contributed by atoms with Crippen LogP contribution in [0.4, 0.5) is 10.1 Å². The number of sulfone groups is 1. The molecule has 1 aliphatic heterocycles. The molecule has 0 radical (unpaired) electrons. The lowest BCUT2D eigenvalue weighted by atomic mass is 10.2.